The molecule has 4 aromatic rings. The highest BCUT2D eigenvalue weighted by Gasteiger charge is 2.30. The number of alkyl halides is 3. The second kappa shape index (κ2) is 6.87. The Kier molecular flexibility index (Phi) is 4.51. The SMILES string of the molecule is O=c1[nH]c2cc(-c3cccc(C(F)(F)F)c3)ccc2n1Cc1ccccc1Cl. The van der Waals surface area contributed by atoms with Gasteiger partial charge in [-0.05, 0) is 47.0 Å². The van der Waals surface area contributed by atoms with Crippen molar-refractivity contribution in [3.63, 3.8) is 0 Å². The third kappa shape index (κ3) is 3.43. The van der Waals surface area contributed by atoms with Gasteiger partial charge in [0.1, 0.15) is 0 Å². The molecule has 0 amide bonds. The summed E-state index contributed by atoms with van der Waals surface area (Å²) in [6.07, 6.45) is -4.41. The lowest BCUT2D eigenvalue weighted by Gasteiger charge is -2.09. The second-order valence-corrected chi connectivity index (χ2v) is 6.83. The van der Waals surface area contributed by atoms with Crippen molar-refractivity contribution in [2.75, 3.05) is 0 Å². The molecule has 28 heavy (non-hydrogen) atoms. The molecule has 0 aliphatic carbocycles. The minimum Gasteiger partial charge on any atom is -0.306 e. The van der Waals surface area contributed by atoms with Crippen LogP contribution in [0.25, 0.3) is 22.2 Å². The molecule has 0 saturated carbocycles. The molecular weight excluding hydrogens is 389 g/mol. The Balaban J connectivity index is 1.76. The molecule has 0 aliphatic rings. The van der Waals surface area contributed by atoms with Crippen molar-refractivity contribution in [1.29, 1.82) is 0 Å². The van der Waals surface area contributed by atoms with Crippen LogP contribution in [0.15, 0.2) is 71.5 Å². The fourth-order valence-electron chi connectivity index (χ4n) is 3.17. The largest absolute Gasteiger partial charge is 0.416 e. The summed E-state index contributed by atoms with van der Waals surface area (Å²) in [5.41, 5.74) is 1.99. The monoisotopic (exact) mass is 402 g/mol. The van der Waals surface area contributed by atoms with Crippen molar-refractivity contribution in [1.82, 2.24) is 9.55 Å². The number of aromatic amines is 1. The highest BCUT2D eigenvalue weighted by Crippen LogP contribution is 2.32. The van der Waals surface area contributed by atoms with E-state index in [0.29, 0.717) is 33.7 Å². The normalized spacial score (nSPS) is 11.9. The van der Waals surface area contributed by atoms with Crippen LogP contribution < -0.4 is 5.69 Å². The summed E-state index contributed by atoms with van der Waals surface area (Å²) in [7, 11) is 0. The van der Waals surface area contributed by atoms with Crippen LogP contribution in [0.1, 0.15) is 11.1 Å². The summed E-state index contributed by atoms with van der Waals surface area (Å²) < 4.78 is 40.5. The topological polar surface area (TPSA) is 37.8 Å². The number of aromatic nitrogens is 2. The summed E-state index contributed by atoms with van der Waals surface area (Å²) in [6.45, 7) is 0.293. The number of benzene rings is 3. The quantitative estimate of drug-likeness (QED) is 0.467. The molecule has 0 unspecified atom stereocenters. The van der Waals surface area contributed by atoms with E-state index in [4.69, 9.17) is 11.6 Å². The zero-order valence-electron chi connectivity index (χ0n) is 14.4. The van der Waals surface area contributed by atoms with Crippen LogP contribution in [-0.4, -0.2) is 9.55 Å². The number of H-pyrrole nitrogens is 1. The maximum atomic E-state index is 13.0. The van der Waals surface area contributed by atoms with E-state index in [1.165, 1.54) is 6.07 Å². The van der Waals surface area contributed by atoms with Gasteiger partial charge in [0, 0.05) is 5.02 Å². The molecule has 0 bridgehead atoms. The molecule has 1 heterocycles. The fraction of sp³-hybridized carbons (Fsp3) is 0.0952. The molecule has 0 radical (unpaired) electrons. The molecule has 0 aliphatic heterocycles. The first-order chi connectivity index (χ1) is 13.3. The minimum atomic E-state index is -4.41. The summed E-state index contributed by atoms with van der Waals surface area (Å²) in [5, 5.41) is 0.560. The predicted octanol–water partition coefficient (Wildman–Crippen LogP) is 5.72. The highest BCUT2D eigenvalue weighted by molar-refractivity contribution is 6.31. The molecule has 3 nitrogen and oxygen atoms in total. The third-order valence-electron chi connectivity index (χ3n) is 4.58. The zero-order valence-corrected chi connectivity index (χ0v) is 15.2. The fourth-order valence-corrected chi connectivity index (χ4v) is 3.37. The van der Waals surface area contributed by atoms with Crippen LogP contribution >= 0.6 is 11.6 Å². The van der Waals surface area contributed by atoms with E-state index in [1.807, 2.05) is 18.2 Å². The zero-order chi connectivity index (χ0) is 19.9. The Labute approximate surface area is 163 Å². The Bertz CT molecular complexity index is 1220. The van der Waals surface area contributed by atoms with E-state index >= 15 is 0 Å². The molecule has 0 atom stereocenters. The Morgan fingerprint density at radius 1 is 0.929 bits per heavy atom. The smallest absolute Gasteiger partial charge is 0.306 e. The molecule has 0 saturated heterocycles. The molecular formula is C21H14ClF3N2O. The minimum absolute atomic E-state index is 0.293. The lowest BCUT2D eigenvalue weighted by Crippen LogP contribution is -2.17. The Hall–Kier alpha value is -2.99. The van der Waals surface area contributed by atoms with Crippen LogP contribution in [-0.2, 0) is 12.7 Å². The van der Waals surface area contributed by atoms with Gasteiger partial charge < -0.3 is 4.98 Å². The van der Waals surface area contributed by atoms with Crippen LogP contribution in [0.4, 0.5) is 13.2 Å². The summed E-state index contributed by atoms with van der Waals surface area (Å²) >= 11 is 6.18. The van der Waals surface area contributed by atoms with Crippen LogP contribution in [0, 0.1) is 0 Å². The van der Waals surface area contributed by atoms with E-state index in [0.717, 1.165) is 17.7 Å². The number of nitrogens with one attached hydrogen (secondary N) is 1. The van der Waals surface area contributed by atoms with Gasteiger partial charge in [-0.2, -0.15) is 13.2 Å². The van der Waals surface area contributed by atoms with E-state index in [-0.39, 0.29) is 5.69 Å². The second-order valence-electron chi connectivity index (χ2n) is 6.42. The third-order valence-corrected chi connectivity index (χ3v) is 4.95. The maximum absolute atomic E-state index is 13.0. The summed E-state index contributed by atoms with van der Waals surface area (Å²) in [4.78, 5) is 15.2. The van der Waals surface area contributed by atoms with Gasteiger partial charge in [-0.15, -0.1) is 0 Å². The Morgan fingerprint density at radius 3 is 2.43 bits per heavy atom. The molecule has 1 aromatic heterocycles. The van der Waals surface area contributed by atoms with Crippen molar-refractivity contribution in [2.45, 2.75) is 12.7 Å². The number of fused-ring (bicyclic) bond motifs is 1. The first-order valence-electron chi connectivity index (χ1n) is 8.46. The van der Waals surface area contributed by atoms with E-state index < -0.39 is 11.7 Å². The van der Waals surface area contributed by atoms with Crippen LogP contribution in [0.5, 0.6) is 0 Å². The van der Waals surface area contributed by atoms with Crippen molar-refractivity contribution >= 4 is 22.6 Å². The number of rotatable bonds is 3. The van der Waals surface area contributed by atoms with Crippen LogP contribution in [0.3, 0.4) is 0 Å². The van der Waals surface area contributed by atoms with Gasteiger partial charge in [-0.1, -0.05) is 48.0 Å². The maximum Gasteiger partial charge on any atom is 0.416 e. The summed E-state index contributed by atoms with van der Waals surface area (Å²) in [6, 6.07) is 17.4. The van der Waals surface area contributed by atoms with Gasteiger partial charge in [0.05, 0.1) is 23.1 Å². The summed E-state index contributed by atoms with van der Waals surface area (Å²) in [5.74, 6) is 0. The molecule has 0 fully saturated rings. The van der Waals surface area contributed by atoms with Gasteiger partial charge in [-0.3, -0.25) is 4.57 Å². The van der Waals surface area contributed by atoms with Gasteiger partial charge in [0.2, 0.25) is 0 Å². The van der Waals surface area contributed by atoms with E-state index in [1.54, 1.807) is 34.9 Å². The van der Waals surface area contributed by atoms with Gasteiger partial charge in [-0.25, -0.2) is 4.79 Å². The number of imidazole rings is 1. The number of hydrogen-bond acceptors (Lipinski definition) is 1. The van der Waals surface area contributed by atoms with E-state index in [9.17, 15) is 18.0 Å². The molecule has 3 aromatic carbocycles. The van der Waals surface area contributed by atoms with E-state index in [2.05, 4.69) is 4.98 Å². The molecule has 1 N–H and O–H groups in total. The number of hydrogen-bond donors (Lipinski definition) is 1. The van der Waals surface area contributed by atoms with Gasteiger partial charge >= 0.3 is 11.9 Å². The standard InChI is InChI=1S/C21H14ClF3N2O/c22-17-7-2-1-4-15(17)12-27-19-9-8-14(11-18(19)26-20(27)28)13-5-3-6-16(10-13)21(23,24)25/h1-11H,12H2,(H,26,28). The van der Waals surface area contributed by atoms with Gasteiger partial charge in [0.25, 0.3) is 0 Å². The van der Waals surface area contributed by atoms with Crippen molar-refractivity contribution < 1.29 is 13.2 Å². The lowest BCUT2D eigenvalue weighted by molar-refractivity contribution is -0.137. The van der Waals surface area contributed by atoms with Gasteiger partial charge in [0.15, 0.2) is 0 Å². The highest BCUT2D eigenvalue weighted by atomic mass is 35.5. The van der Waals surface area contributed by atoms with Crippen LogP contribution in [0.2, 0.25) is 5.02 Å². The number of halogens is 4. The van der Waals surface area contributed by atoms with Crippen molar-refractivity contribution in [2.24, 2.45) is 0 Å². The first kappa shape index (κ1) is 18.4. The molecule has 142 valence electrons. The number of nitrogens with zero attached hydrogens (tertiary/aromatic N) is 1. The first-order valence-corrected chi connectivity index (χ1v) is 8.84. The molecule has 7 heteroatoms. The lowest BCUT2D eigenvalue weighted by atomic mass is 10.0. The average molecular weight is 403 g/mol. The molecule has 4 rings (SSSR count). The van der Waals surface area contributed by atoms with Crippen molar-refractivity contribution in [3.05, 3.63) is 93.4 Å². The molecule has 0 spiro atoms. The Morgan fingerprint density at radius 2 is 1.68 bits per heavy atom. The average Bonchev–Trinajstić information content (AvgIpc) is 2.97. The van der Waals surface area contributed by atoms with Crippen molar-refractivity contribution in [3.8, 4) is 11.1 Å². The predicted molar refractivity (Wildman–Crippen MR) is 104 cm³/mol.